The van der Waals surface area contributed by atoms with E-state index in [0.717, 1.165) is 13.1 Å². The monoisotopic (exact) mass is 187 g/mol. The van der Waals surface area contributed by atoms with Crippen LogP contribution in [0.5, 0.6) is 0 Å². The summed E-state index contributed by atoms with van der Waals surface area (Å²) in [5, 5.41) is 8.59. The van der Waals surface area contributed by atoms with Crippen molar-refractivity contribution in [3.8, 4) is 0 Å². The van der Waals surface area contributed by atoms with E-state index in [4.69, 9.17) is 9.84 Å². The largest absolute Gasteiger partial charge is 0.481 e. The zero-order valence-corrected chi connectivity index (χ0v) is 8.19. The highest BCUT2D eigenvalue weighted by molar-refractivity contribution is 5.67. The van der Waals surface area contributed by atoms with Crippen molar-refractivity contribution in [2.24, 2.45) is 0 Å². The molecule has 1 saturated heterocycles. The highest BCUT2D eigenvalue weighted by atomic mass is 16.5. The second-order valence-electron chi connectivity index (χ2n) is 3.68. The summed E-state index contributed by atoms with van der Waals surface area (Å²) in [6, 6.07) is 0.472. The molecular formula is C9H17NO3. The van der Waals surface area contributed by atoms with Crippen molar-refractivity contribution in [1.82, 2.24) is 4.90 Å². The van der Waals surface area contributed by atoms with Crippen LogP contribution in [0.25, 0.3) is 0 Å². The van der Waals surface area contributed by atoms with Crippen LogP contribution in [0.2, 0.25) is 0 Å². The van der Waals surface area contributed by atoms with Gasteiger partial charge >= 0.3 is 5.97 Å². The topological polar surface area (TPSA) is 49.8 Å². The van der Waals surface area contributed by atoms with Gasteiger partial charge in [0.2, 0.25) is 0 Å². The summed E-state index contributed by atoms with van der Waals surface area (Å²) in [6.07, 6.45) is -0.0166. The SMILES string of the molecule is CC(C)N1CCO[C@H](CC(=O)O)C1. The van der Waals surface area contributed by atoms with Gasteiger partial charge in [0.05, 0.1) is 19.1 Å². The molecule has 4 nitrogen and oxygen atoms in total. The van der Waals surface area contributed by atoms with Crippen LogP contribution < -0.4 is 0 Å². The third kappa shape index (κ3) is 3.32. The van der Waals surface area contributed by atoms with Crippen LogP contribution in [0, 0.1) is 0 Å². The van der Waals surface area contributed by atoms with E-state index in [1.54, 1.807) is 0 Å². The maximum Gasteiger partial charge on any atom is 0.306 e. The average Bonchev–Trinajstić information content (AvgIpc) is 2.03. The molecule has 0 unspecified atom stereocenters. The van der Waals surface area contributed by atoms with Gasteiger partial charge in [-0.25, -0.2) is 0 Å². The third-order valence-corrected chi connectivity index (χ3v) is 2.30. The van der Waals surface area contributed by atoms with Gasteiger partial charge in [-0.1, -0.05) is 0 Å². The fraction of sp³-hybridized carbons (Fsp3) is 0.889. The molecule has 1 N–H and O–H groups in total. The summed E-state index contributed by atoms with van der Waals surface area (Å²) >= 11 is 0. The lowest BCUT2D eigenvalue weighted by Crippen LogP contribution is -2.46. The van der Waals surface area contributed by atoms with Crippen molar-refractivity contribution >= 4 is 5.97 Å². The second kappa shape index (κ2) is 4.58. The standard InChI is InChI=1S/C9H17NO3/c1-7(2)10-3-4-13-8(6-10)5-9(11)12/h7-8H,3-6H2,1-2H3,(H,11,12)/t8-/m1/s1. The van der Waals surface area contributed by atoms with Crippen LogP contribution in [0.3, 0.4) is 0 Å². The van der Waals surface area contributed by atoms with Gasteiger partial charge in [-0.05, 0) is 13.8 Å². The highest BCUT2D eigenvalue weighted by Crippen LogP contribution is 2.11. The Bertz CT molecular complexity index is 182. The predicted molar refractivity (Wildman–Crippen MR) is 48.7 cm³/mol. The lowest BCUT2D eigenvalue weighted by molar-refractivity contribution is -0.142. The van der Waals surface area contributed by atoms with E-state index in [0.29, 0.717) is 12.6 Å². The summed E-state index contributed by atoms with van der Waals surface area (Å²) in [6.45, 7) is 6.53. The van der Waals surface area contributed by atoms with E-state index in [2.05, 4.69) is 18.7 Å². The summed E-state index contributed by atoms with van der Waals surface area (Å²) in [7, 11) is 0. The van der Waals surface area contributed by atoms with E-state index in [1.165, 1.54) is 0 Å². The highest BCUT2D eigenvalue weighted by Gasteiger charge is 2.23. The molecule has 13 heavy (non-hydrogen) atoms. The molecule has 0 saturated carbocycles. The van der Waals surface area contributed by atoms with Gasteiger partial charge in [-0.3, -0.25) is 9.69 Å². The van der Waals surface area contributed by atoms with Crippen molar-refractivity contribution in [1.29, 1.82) is 0 Å². The lowest BCUT2D eigenvalue weighted by atomic mass is 10.2. The van der Waals surface area contributed by atoms with E-state index in [-0.39, 0.29) is 12.5 Å². The Morgan fingerprint density at radius 1 is 1.69 bits per heavy atom. The van der Waals surface area contributed by atoms with Crippen molar-refractivity contribution in [2.45, 2.75) is 32.4 Å². The number of carboxylic acids is 1. The first-order chi connectivity index (χ1) is 6.09. The molecule has 0 radical (unpaired) electrons. The molecule has 1 aliphatic heterocycles. The minimum Gasteiger partial charge on any atom is -0.481 e. The Balaban J connectivity index is 2.37. The fourth-order valence-electron chi connectivity index (χ4n) is 1.53. The molecule has 1 aliphatic rings. The first-order valence-corrected chi connectivity index (χ1v) is 4.67. The Morgan fingerprint density at radius 2 is 2.38 bits per heavy atom. The van der Waals surface area contributed by atoms with Gasteiger partial charge in [-0.2, -0.15) is 0 Å². The van der Waals surface area contributed by atoms with Crippen molar-refractivity contribution in [2.75, 3.05) is 19.7 Å². The second-order valence-corrected chi connectivity index (χ2v) is 3.68. The van der Waals surface area contributed by atoms with Crippen LogP contribution >= 0.6 is 0 Å². The number of hydrogen-bond donors (Lipinski definition) is 1. The van der Waals surface area contributed by atoms with Gasteiger partial charge in [0.1, 0.15) is 0 Å². The number of carbonyl (C=O) groups is 1. The smallest absolute Gasteiger partial charge is 0.306 e. The van der Waals surface area contributed by atoms with Gasteiger partial charge < -0.3 is 9.84 Å². The molecule has 1 atom stereocenters. The molecule has 0 aromatic heterocycles. The number of rotatable bonds is 3. The molecule has 0 amide bonds. The fourth-order valence-corrected chi connectivity index (χ4v) is 1.53. The summed E-state index contributed by atoms with van der Waals surface area (Å²) in [5.41, 5.74) is 0. The number of carboxylic acid groups (broad SMARTS) is 1. The molecule has 76 valence electrons. The van der Waals surface area contributed by atoms with Gasteiger partial charge in [-0.15, -0.1) is 0 Å². The Labute approximate surface area is 78.5 Å². The molecule has 1 rings (SSSR count). The molecule has 0 aromatic rings. The normalized spacial score (nSPS) is 25.0. The minimum atomic E-state index is -0.782. The minimum absolute atomic E-state index is 0.114. The zero-order chi connectivity index (χ0) is 9.84. The molecule has 0 bridgehead atoms. The first kappa shape index (κ1) is 10.5. The number of aliphatic carboxylic acids is 1. The van der Waals surface area contributed by atoms with Gasteiger partial charge in [0.15, 0.2) is 0 Å². The Hall–Kier alpha value is -0.610. The molecule has 1 heterocycles. The maximum absolute atomic E-state index is 10.4. The number of ether oxygens (including phenoxy) is 1. The number of morpholine rings is 1. The Kier molecular flexibility index (Phi) is 3.69. The maximum atomic E-state index is 10.4. The lowest BCUT2D eigenvalue weighted by Gasteiger charge is -2.34. The summed E-state index contributed by atoms with van der Waals surface area (Å²) in [4.78, 5) is 12.7. The first-order valence-electron chi connectivity index (χ1n) is 4.67. The van der Waals surface area contributed by atoms with Crippen LogP contribution in [0.15, 0.2) is 0 Å². The van der Waals surface area contributed by atoms with E-state index in [9.17, 15) is 4.79 Å². The number of nitrogens with zero attached hydrogens (tertiary/aromatic N) is 1. The molecule has 0 aliphatic carbocycles. The van der Waals surface area contributed by atoms with Crippen LogP contribution in [-0.2, 0) is 9.53 Å². The van der Waals surface area contributed by atoms with Crippen molar-refractivity contribution in [3.05, 3.63) is 0 Å². The molecular weight excluding hydrogens is 170 g/mol. The molecule has 0 aromatic carbocycles. The molecule has 1 fully saturated rings. The number of hydrogen-bond acceptors (Lipinski definition) is 3. The van der Waals surface area contributed by atoms with Crippen LogP contribution in [0.1, 0.15) is 20.3 Å². The van der Waals surface area contributed by atoms with E-state index >= 15 is 0 Å². The quantitative estimate of drug-likeness (QED) is 0.701. The summed E-state index contributed by atoms with van der Waals surface area (Å²) < 4.78 is 5.35. The molecule has 4 heteroatoms. The van der Waals surface area contributed by atoms with Crippen LogP contribution in [0.4, 0.5) is 0 Å². The van der Waals surface area contributed by atoms with Crippen molar-refractivity contribution in [3.63, 3.8) is 0 Å². The van der Waals surface area contributed by atoms with E-state index < -0.39 is 5.97 Å². The van der Waals surface area contributed by atoms with Crippen LogP contribution in [-0.4, -0.2) is 47.8 Å². The van der Waals surface area contributed by atoms with E-state index in [1.807, 2.05) is 0 Å². The predicted octanol–water partition coefficient (Wildman–Crippen LogP) is 0.570. The molecule has 0 spiro atoms. The third-order valence-electron chi connectivity index (χ3n) is 2.30. The van der Waals surface area contributed by atoms with Gasteiger partial charge in [0.25, 0.3) is 0 Å². The van der Waals surface area contributed by atoms with Crippen molar-refractivity contribution < 1.29 is 14.6 Å². The zero-order valence-electron chi connectivity index (χ0n) is 8.19. The Morgan fingerprint density at radius 3 is 2.92 bits per heavy atom. The van der Waals surface area contributed by atoms with Gasteiger partial charge in [0, 0.05) is 19.1 Å². The summed E-state index contributed by atoms with van der Waals surface area (Å²) in [5.74, 6) is -0.782. The average molecular weight is 187 g/mol.